The number of ether oxygens (including phenoxy) is 1. The van der Waals surface area contributed by atoms with E-state index in [1.165, 1.54) is 6.08 Å². The van der Waals surface area contributed by atoms with Crippen molar-refractivity contribution >= 4 is 34.4 Å². The molecule has 1 aromatic carbocycles. The zero-order chi connectivity index (χ0) is 27.7. The quantitative estimate of drug-likeness (QED) is 0.327. The molecule has 0 atom stereocenters. The van der Waals surface area contributed by atoms with Crippen LogP contribution in [0.1, 0.15) is 18.4 Å². The predicted molar refractivity (Wildman–Crippen MR) is 156 cm³/mol. The molecular weight excluding hydrogens is 492 g/mol. The van der Waals surface area contributed by atoms with E-state index >= 15 is 0 Å². The summed E-state index contributed by atoms with van der Waals surface area (Å²) in [6.07, 6.45) is 9.24. The van der Waals surface area contributed by atoms with E-state index in [0.29, 0.717) is 29.1 Å². The molecule has 1 saturated heterocycles. The second-order valence-corrected chi connectivity index (χ2v) is 10.2. The summed E-state index contributed by atoms with van der Waals surface area (Å²) in [5.41, 5.74) is 6.31. The monoisotopic (exact) mass is 528 g/mol. The van der Waals surface area contributed by atoms with Gasteiger partial charge in [0.15, 0.2) is 0 Å². The van der Waals surface area contributed by atoms with Crippen molar-refractivity contribution in [2.75, 3.05) is 49.8 Å². The van der Waals surface area contributed by atoms with Gasteiger partial charge in [-0.1, -0.05) is 6.58 Å². The molecule has 1 aliphatic heterocycles. The van der Waals surface area contributed by atoms with Crippen molar-refractivity contribution in [3.8, 4) is 17.0 Å². The SMILES string of the molecule is C=CC(=O)Nc1cc(Nc2ncc3c(C)cc(-c4ccn(C)c4)n3n2)c(OC)cc1N1CCC(N(C)C)CC1. The van der Waals surface area contributed by atoms with Gasteiger partial charge in [-0.2, -0.15) is 0 Å². The molecule has 10 heteroatoms. The maximum absolute atomic E-state index is 12.4. The summed E-state index contributed by atoms with van der Waals surface area (Å²) in [5, 5.41) is 11.1. The third kappa shape index (κ3) is 5.33. The first kappa shape index (κ1) is 26.3. The molecule has 0 aliphatic carbocycles. The molecule has 5 rings (SSSR count). The molecule has 10 nitrogen and oxygen atoms in total. The van der Waals surface area contributed by atoms with Crippen LogP contribution in [-0.2, 0) is 11.8 Å². The van der Waals surface area contributed by atoms with Gasteiger partial charge < -0.3 is 29.7 Å². The standard InChI is InChI=1S/C29H36N8O2/c1-7-28(38)31-22-15-23(27(39-6)16-25(22)36-12-9-21(10-13-36)34(3)4)32-29-30-17-26-19(2)14-24(37(26)33-29)20-8-11-35(5)18-20/h7-8,11,14-18,21H,1,9-10,12-13H2,2-6H3,(H,31,38)(H,32,33). The summed E-state index contributed by atoms with van der Waals surface area (Å²) in [6.45, 7) is 7.43. The first-order chi connectivity index (χ1) is 18.8. The summed E-state index contributed by atoms with van der Waals surface area (Å²) in [6, 6.07) is 8.56. The second kappa shape index (κ2) is 10.8. The molecule has 1 aliphatic rings. The number of piperidine rings is 1. The van der Waals surface area contributed by atoms with Crippen molar-refractivity contribution in [1.82, 2.24) is 24.1 Å². The highest BCUT2D eigenvalue weighted by Crippen LogP contribution is 2.39. The Morgan fingerprint density at radius 3 is 2.62 bits per heavy atom. The lowest BCUT2D eigenvalue weighted by Gasteiger charge is -2.37. The van der Waals surface area contributed by atoms with Crippen LogP contribution >= 0.6 is 0 Å². The number of nitrogens with one attached hydrogen (secondary N) is 2. The topological polar surface area (TPSA) is 92.0 Å². The Bertz CT molecular complexity index is 1510. The molecule has 0 unspecified atom stereocenters. The molecule has 0 bridgehead atoms. The Labute approximate surface area is 228 Å². The van der Waals surface area contributed by atoms with Gasteiger partial charge >= 0.3 is 0 Å². The van der Waals surface area contributed by atoms with Gasteiger partial charge in [-0.25, -0.2) is 9.50 Å². The minimum absolute atomic E-state index is 0.275. The fourth-order valence-electron chi connectivity index (χ4n) is 5.19. The van der Waals surface area contributed by atoms with Gasteiger partial charge in [0.05, 0.1) is 41.6 Å². The summed E-state index contributed by atoms with van der Waals surface area (Å²) >= 11 is 0. The van der Waals surface area contributed by atoms with E-state index < -0.39 is 0 Å². The van der Waals surface area contributed by atoms with Crippen LogP contribution in [0.5, 0.6) is 5.75 Å². The largest absolute Gasteiger partial charge is 0.494 e. The molecule has 4 aromatic rings. The number of hydrogen-bond acceptors (Lipinski definition) is 7. The Morgan fingerprint density at radius 1 is 1.21 bits per heavy atom. The van der Waals surface area contributed by atoms with Gasteiger partial charge in [0.2, 0.25) is 11.9 Å². The van der Waals surface area contributed by atoms with Crippen LogP contribution in [0.25, 0.3) is 16.8 Å². The third-order valence-corrected chi connectivity index (χ3v) is 7.39. The van der Waals surface area contributed by atoms with Gasteiger partial charge in [-0.05, 0) is 63.7 Å². The van der Waals surface area contributed by atoms with E-state index in [2.05, 4.69) is 71.3 Å². The zero-order valence-electron chi connectivity index (χ0n) is 23.2. The Hall–Kier alpha value is -4.31. The average Bonchev–Trinajstić information content (AvgIpc) is 3.51. The van der Waals surface area contributed by atoms with Crippen molar-refractivity contribution in [2.24, 2.45) is 7.05 Å². The number of hydrogen-bond donors (Lipinski definition) is 2. The van der Waals surface area contributed by atoms with E-state index in [1.807, 2.05) is 40.7 Å². The fourth-order valence-corrected chi connectivity index (χ4v) is 5.19. The highest BCUT2D eigenvalue weighted by atomic mass is 16.5. The molecule has 204 valence electrons. The normalized spacial score (nSPS) is 14.2. The van der Waals surface area contributed by atoms with E-state index in [-0.39, 0.29) is 5.91 Å². The first-order valence-corrected chi connectivity index (χ1v) is 13.1. The number of aromatic nitrogens is 4. The van der Waals surface area contributed by atoms with Crippen molar-refractivity contribution in [2.45, 2.75) is 25.8 Å². The number of benzene rings is 1. The lowest BCUT2D eigenvalue weighted by molar-refractivity contribution is -0.111. The Morgan fingerprint density at radius 2 is 1.97 bits per heavy atom. The minimum Gasteiger partial charge on any atom is -0.494 e. The molecule has 0 radical (unpaired) electrons. The van der Waals surface area contributed by atoms with Gasteiger partial charge in [0, 0.05) is 50.2 Å². The number of aryl methyl sites for hydroxylation is 2. The number of amides is 1. The summed E-state index contributed by atoms with van der Waals surface area (Å²) in [4.78, 5) is 21.5. The fraction of sp³-hybridized carbons (Fsp3) is 0.345. The van der Waals surface area contributed by atoms with Crippen molar-refractivity contribution in [1.29, 1.82) is 0 Å². The number of nitrogens with zero attached hydrogens (tertiary/aromatic N) is 6. The second-order valence-electron chi connectivity index (χ2n) is 10.2. The maximum Gasteiger partial charge on any atom is 0.247 e. The molecule has 2 N–H and O–H groups in total. The maximum atomic E-state index is 12.4. The number of anilines is 4. The van der Waals surface area contributed by atoms with Crippen molar-refractivity contribution < 1.29 is 9.53 Å². The molecule has 39 heavy (non-hydrogen) atoms. The van der Waals surface area contributed by atoms with Crippen LogP contribution in [0.3, 0.4) is 0 Å². The van der Waals surface area contributed by atoms with Crippen LogP contribution < -0.4 is 20.3 Å². The van der Waals surface area contributed by atoms with Gasteiger partial charge in [0.1, 0.15) is 5.75 Å². The lowest BCUT2D eigenvalue weighted by atomic mass is 10.0. The van der Waals surface area contributed by atoms with Gasteiger partial charge in [-0.15, -0.1) is 5.10 Å². The number of methoxy groups -OCH3 is 1. The molecule has 1 fully saturated rings. The Kier molecular flexibility index (Phi) is 7.30. The summed E-state index contributed by atoms with van der Waals surface area (Å²) in [5.74, 6) is 0.768. The number of carbonyl (C=O) groups excluding carboxylic acids is 1. The average molecular weight is 529 g/mol. The van der Waals surface area contributed by atoms with Crippen molar-refractivity contribution in [3.05, 3.63) is 61.1 Å². The van der Waals surface area contributed by atoms with E-state index in [1.54, 1.807) is 7.11 Å². The summed E-state index contributed by atoms with van der Waals surface area (Å²) in [7, 11) is 7.88. The zero-order valence-corrected chi connectivity index (χ0v) is 23.2. The smallest absolute Gasteiger partial charge is 0.247 e. The van der Waals surface area contributed by atoms with Gasteiger partial charge in [0.25, 0.3) is 0 Å². The summed E-state index contributed by atoms with van der Waals surface area (Å²) < 4.78 is 9.70. The minimum atomic E-state index is -0.275. The lowest BCUT2D eigenvalue weighted by Crippen LogP contribution is -2.42. The molecule has 3 aromatic heterocycles. The molecular formula is C29H36N8O2. The highest BCUT2D eigenvalue weighted by molar-refractivity contribution is 6.02. The number of fused-ring (bicyclic) bond motifs is 1. The van der Waals surface area contributed by atoms with Gasteiger partial charge in [-0.3, -0.25) is 4.79 Å². The first-order valence-electron chi connectivity index (χ1n) is 13.1. The van der Waals surface area contributed by atoms with Crippen LogP contribution in [0.15, 0.2) is 55.5 Å². The predicted octanol–water partition coefficient (Wildman–Crippen LogP) is 4.45. The number of carbonyl (C=O) groups is 1. The molecule has 0 spiro atoms. The van der Waals surface area contributed by atoms with Crippen LogP contribution in [0, 0.1) is 6.92 Å². The van der Waals surface area contributed by atoms with Crippen LogP contribution in [0.2, 0.25) is 0 Å². The van der Waals surface area contributed by atoms with Crippen molar-refractivity contribution in [3.63, 3.8) is 0 Å². The third-order valence-electron chi connectivity index (χ3n) is 7.39. The molecule has 4 heterocycles. The van der Waals surface area contributed by atoms with E-state index in [9.17, 15) is 4.79 Å². The van der Waals surface area contributed by atoms with Crippen LogP contribution in [0.4, 0.5) is 23.0 Å². The number of rotatable bonds is 8. The van der Waals surface area contributed by atoms with E-state index in [0.717, 1.165) is 54.0 Å². The Balaban J connectivity index is 1.51. The highest BCUT2D eigenvalue weighted by Gasteiger charge is 2.24. The molecule has 0 saturated carbocycles. The van der Waals surface area contributed by atoms with Crippen LogP contribution in [-0.4, -0.2) is 70.3 Å². The van der Waals surface area contributed by atoms with E-state index in [4.69, 9.17) is 9.84 Å². The molecule has 1 amide bonds.